The molecule has 0 amide bonds. The van der Waals surface area contributed by atoms with Crippen LogP contribution in [0.2, 0.25) is 0 Å². The van der Waals surface area contributed by atoms with Gasteiger partial charge in [0, 0.05) is 22.1 Å². The molecular weight excluding hydrogens is 564 g/mol. The number of oxazole rings is 1. The highest BCUT2D eigenvalue weighted by Crippen LogP contribution is 2.38. The predicted octanol–water partition coefficient (Wildman–Crippen LogP) is 10.4. The number of hydrogen-bond donors (Lipinski definition) is 0. The van der Waals surface area contributed by atoms with Crippen molar-refractivity contribution in [2.24, 2.45) is 0 Å². The second kappa shape index (κ2) is 10.7. The van der Waals surface area contributed by atoms with Crippen molar-refractivity contribution in [3.05, 3.63) is 158 Å². The standard InChI is InChI=1S/C41H26N4O/c1-4-12-27(13-5-1)28-20-22-30(23-21-28)35-26-34(29-14-6-2-7-15-29)43-41(44-35)45-36-19-11-10-18-32(36)38-37(45)25-24-33-39(38)46-40(42-33)31-16-8-3-9-17-31/h1-26H. The summed E-state index contributed by atoms with van der Waals surface area (Å²) in [5, 5.41) is 2.05. The number of para-hydroxylation sites is 1. The fourth-order valence-corrected chi connectivity index (χ4v) is 6.26. The molecule has 3 aromatic heterocycles. The van der Waals surface area contributed by atoms with Gasteiger partial charge in [0.15, 0.2) is 5.58 Å². The Hall–Kier alpha value is -6.33. The van der Waals surface area contributed by atoms with Crippen LogP contribution >= 0.6 is 0 Å². The summed E-state index contributed by atoms with van der Waals surface area (Å²) in [5.74, 6) is 1.19. The second-order valence-electron chi connectivity index (χ2n) is 11.3. The van der Waals surface area contributed by atoms with Crippen LogP contribution in [0.3, 0.4) is 0 Å². The first-order valence-corrected chi connectivity index (χ1v) is 15.3. The number of benzene rings is 6. The number of rotatable bonds is 5. The maximum absolute atomic E-state index is 6.49. The van der Waals surface area contributed by atoms with Crippen LogP contribution in [0.15, 0.2) is 162 Å². The summed E-state index contributed by atoms with van der Waals surface area (Å²) in [7, 11) is 0. The lowest BCUT2D eigenvalue weighted by Crippen LogP contribution is -2.04. The van der Waals surface area contributed by atoms with Crippen LogP contribution in [0.25, 0.3) is 83.9 Å². The van der Waals surface area contributed by atoms with E-state index in [0.29, 0.717) is 11.8 Å². The molecule has 0 N–H and O–H groups in total. The van der Waals surface area contributed by atoms with E-state index in [2.05, 4.69) is 102 Å². The SMILES string of the molecule is c1ccc(-c2ccc(-c3cc(-c4ccccc4)nc(-n4c5ccccc5c5c6oc(-c7ccccc7)nc6ccc54)n3)cc2)cc1. The van der Waals surface area contributed by atoms with Gasteiger partial charge in [-0.2, -0.15) is 0 Å². The Balaban J connectivity index is 1.27. The average molecular weight is 591 g/mol. The molecule has 3 heterocycles. The van der Waals surface area contributed by atoms with Crippen molar-refractivity contribution in [2.75, 3.05) is 0 Å². The fraction of sp³-hybridized carbons (Fsp3) is 0. The van der Waals surface area contributed by atoms with Gasteiger partial charge in [0.25, 0.3) is 0 Å². The average Bonchev–Trinajstić information content (AvgIpc) is 3.72. The van der Waals surface area contributed by atoms with Crippen LogP contribution in [0.1, 0.15) is 0 Å². The summed E-state index contributed by atoms with van der Waals surface area (Å²) in [4.78, 5) is 15.2. The van der Waals surface area contributed by atoms with Gasteiger partial charge in [-0.05, 0) is 47.5 Å². The molecule has 46 heavy (non-hydrogen) atoms. The summed E-state index contributed by atoms with van der Waals surface area (Å²) in [6.45, 7) is 0. The van der Waals surface area contributed by atoms with Crippen LogP contribution in [0, 0.1) is 0 Å². The molecule has 0 atom stereocenters. The monoisotopic (exact) mass is 590 g/mol. The lowest BCUT2D eigenvalue weighted by Gasteiger charge is -2.12. The van der Waals surface area contributed by atoms with Gasteiger partial charge >= 0.3 is 0 Å². The normalized spacial score (nSPS) is 11.5. The van der Waals surface area contributed by atoms with Crippen LogP contribution in [-0.2, 0) is 0 Å². The van der Waals surface area contributed by atoms with Crippen molar-refractivity contribution < 1.29 is 4.42 Å². The number of hydrogen-bond acceptors (Lipinski definition) is 4. The van der Waals surface area contributed by atoms with Gasteiger partial charge in [0.2, 0.25) is 11.8 Å². The van der Waals surface area contributed by atoms with E-state index in [1.807, 2.05) is 60.7 Å². The zero-order chi connectivity index (χ0) is 30.5. The Morgan fingerprint density at radius 1 is 0.435 bits per heavy atom. The van der Waals surface area contributed by atoms with Crippen LogP contribution < -0.4 is 0 Å². The van der Waals surface area contributed by atoms with E-state index in [1.165, 1.54) is 5.56 Å². The largest absolute Gasteiger partial charge is 0.435 e. The van der Waals surface area contributed by atoms with E-state index in [0.717, 1.165) is 66.5 Å². The zero-order valence-electron chi connectivity index (χ0n) is 24.7. The molecule has 0 spiro atoms. The minimum absolute atomic E-state index is 0.594. The summed E-state index contributed by atoms with van der Waals surface area (Å²) in [6.07, 6.45) is 0. The van der Waals surface area contributed by atoms with Crippen molar-refractivity contribution in [3.63, 3.8) is 0 Å². The van der Waals surface area contributed by atoms with E-state index >= 15 is 0 Å². The lowest BCUT2D eigenvalue weighted by atomic mass is 10.0. The Morgan fingerprint density at radius 2 is 0.978 bits per heavy atom. The van der Waals surface area contributed by atoms with E-state index in [1.54, 1.807) is 0 Å². The molecule has 0 saturated carbocycles. The molecule has 0 saturated heterocycles. The summed E-state index contributed by atoms with van der Waals surface area (Å²) in [5.41, 5.74) is 10.6. The van der Waals surface area contributed by atoms with Gasteiger partial charge in [-0.1, -0.05) is 121 Å². The van der Waals surface area contributed by atoms with Crippen molar-refractivity contribution in [1.82, 2.24) is 19.5 Å². The lowest BCUT2D eigenvalue weighted by molar-refractivity contribution is 0.623. The van der Waals surface area contributed by atoms with Crippen LogP contribution in [0.4, 0.5) is 0 Å². The molecule has 0 unspecified atom stereocenters. The van der Waals surface area contributed by atoms with Crippen molar-refractivity contribution >= 4 is 32.9 Å². The minimum atomic E-state index is 0.594. The van der Waals surface area contributed by atoms with Gasteiger partial charge in [-0.3, -0.25) is 4.57 Å². The van der Waals surface area contributed by atoms with E-state index in [9.17, 15) is 0 Å². The molecule has 6 aromatic carbocycles. The highest BCUT2D eigenvalue weighted by atomic mass is 16.3. The Kier molecular flexibility index (Phi) is 6.06. The van der Waals surface area contributed by atoms with Crippen molar-refractivity contribution in [3.8, 4) is 51.0 Å². The Labute approximate surface area is 265 Å². The van der Waals surface area contributed by atoms with Gasteiger partial charge in [0.1, 0.15) is 5.52 Å². The predicted molar refractivity (Wildman–Crippen MR) is 186 cm³/mol. The van der Waals surface area contributed by atoms with E-state index in [-0.39, 0.29) is 0 Å². The number of aromatic nitrogens is 4. The van der Waals surface area contributed by atoms with Crippen molar-refractivity contribution in [1.29, 1.82) is 0 Å². The first-order valence-electron chi connectivity index (χ1n) is 15.3. The Morgan fingerprint density at radius 3 is 1.67 bits per heavy atom. The molecule has 9 rings (SSSR count). The molecule has 0 aliphatic rings. The van der Waals surface area contributed by atoms with Gasteiger partial charge < -0.3 is 4.42 Å². The van der Waals surface area contributed by atoms with Gasteiger partial charge in [-0.15, -0.1) is 0 Å². The fourth-order valence-electron chi connectivity index (χ4n) is 6.26. The maximum Gasteiger partial charge on any atom is 0.235 e. The zero-order valence-corrected chi connectivity index (χ0v) is 24.7. The molecular formula is C41H26N4O. The minimum Gasteiger partial charge on any atom is -0.435 e. The number of fused-ring (bicyclic) bond motifs is 5. The highest BCUT2D eigenvalue weighted by Gasteiger charge is 2.21. The third-order valence-electron chi connectivity index (χ3n) is 8.48. The first kappa shape index (κ1) is 26.1. The van der Waals surface area contributed by atoms with E-state index in [4.69, 9.17) is 19.4 Å². The quantitative estimate of drug-likeness (QED) is 0.200. The van der Waals surface area contributed by atoms with Gasteiger partial charge in [-0.25, -0.2) is 15.0 Å². The molecule has 0 bridgehead atoms. The van der Waals surface area contributed by atoms with E-state index < -0.39 is 0 Å². The molecule has 0 aliphatic heterocycles. The summed E-state index contributed by atoms with van der Waals surface area (Å²) < 4.78 is 8.64. The third-order valence-corrected chi connectivity index (χ3v) is 8.48. The molecule has 5 nitrogen and oxygen atoms in total. The Bertz CT molecular complexity index is 2500. The highest BCUT2D eigenvalue weighted by molar-refractivity contribution is 6.19. The topological polar surface area (TPSA) is 56.7 Å². The first-order chi connectivity index (χ1) is 22.8. The smallest absolute Gasteiger partial charge is 0.235 e. The third kappa shape index (κ3) is 4.37. The second-order valence-corrected chi connectivity index (χ2v) is 11.3. The molecule has 0 fully saturated rings. The molecule has 5 heteroatoms. The van der Waals surface area contributed by atoms with Crippen LogP contribution in [-0.4, -0.2) is 19.5 Å². The summed E-state index contributed by atoms with van der Waals surface area (Å²) >= 11 is 0. The molecule has 216 valence electrons. The van der Waals surface area contributed by atoms with Crippen molar-refractivity contribution in [2.45, 2.75) is 0 Å². The number of nitrogens with zero attached hydrogens (tertiary/aromatic N) is 4. The summed E-state index contributed by atoms with van der Waals surface area (Å²) in [6, 6.07) is 53.8. The van der Waals surface area contributed by atoms with Crippen LogP contribution in [0.5, 0.6) is 0 Å². The molecule has 0 radical (unpaired) electrons. The maximum atomic E-state index is 6.49. The molecule has 9 aromatic rings. The molecule has 0 aliphatic carbocycles. The van der Waals surface area contributed by atoms with Gasteiger partial charge in [0.05, 0.1) is 27.8 Å².